The fraction of sp³-hybridized carbons (Fsp3) is 0.533. The van der Waals surface area contributed by atoms with Crippen molar-refractivity contribution in [2.24, 2.45) is 5.73 Å². The smallest absolute Gasteiger partial charge is 0.107 e. The van der Waals surface area contributed by atoms with Gasteiger partial charge in [0, 0.05) is 35.8 Å². The van der Waals surface area contributed by atoms with Crippen molar-refractivity contribution in [3.63, 3.8) is 0 Å². The van der Waals surface area contributed by atoms with Crippen molar-refractivity contribution in [1.82, 2.24) is 4.90 Å². The maximum Gasteiger partial charge on any atom is 0.107 e. The molecule has 1 saturated heterocycles. The molecule has 4 nitrogen and oxygen atoms in total. The summed E-state index contributed by atoms with van der Waals surface area (Å²) >= 11 is 6.85. The molecule has 21 heavy (non-hydrogen) atoms. The lowest BCUT2D eigenvalue weighted by atomic mass is 10.1. The van der Waals surface area contributed by atoms with Gasteiger partial charge in [-0.2, -0.15) is 0 Å². The van der Waals surface area contributed by atoms with Crippen molar-refractivity contribution >= 4 is 34.7 Å². The predicted molar refractivity (Wildman–Crippen MR) is 94.5 cm³/mol. The molecular weight excluding hydrogens is 302 g/mol. The maximum absolute atomic E-state index is 5.88. The van der Waals surface area contributed by atoms with Gasteiger partial charge in [-0.3, -0.25) is 4.90 Å². The number of nitrogens with two attached hydrogens (primary N) is 1. The number of anilines is 1. The summed E-state index contributed by atoms with van der Waals surface area (Å²) in [4.78, 5) is 3.94. The van der Waals surface area contributed by atoms with E-state index in [2.05, 4.69) is 17.1 Å². The molecule has 0 radical (unpaired) electrons. The van der Waals surface area contributed by atoms with Crippen LogP contribution in [0.3, 0.4) is 0 Å². The van der Waals surface area contributed by atoms with Gasteiger partial charge in [-0.25, -0.2) is 0 Å². The molecule has 2 rings (SSSR count). The third kappa shape index (κ3) is 4.32. The molecule has 6 heteroatoms. The standard InChI is InChI=1S/C15H23N3OS2/c1-3-18-7-8-19-11(10-18)9-17-12-5-4-6-13(21-2)14(12)15(16)20/h4-6,11,17H,3,7-10H2,1-2H3,(H2,16,20). The van der Waals surface area contributed by atoms with Crippen LogP contribution in [-0.4, -0.2) is 55.0 Å². The molecule has 0 amide bonds. The first-order valence-corrected chi connectivity index (χ1v) is 8.83. The number of benzene rings is 1. The summed E-state index contributed by atoms with van der Waals surface area (Å²) in [5.41, 5.74) is 7.81. The molecule has 1 aromatic carbocycles. The lowest BCUT2D eigenvalue weighted by Crippen LogP contribution is -2.45. The predicted octanol–water partition coefficient (Wildman–Crippen LogP) is 2.18. The van der Waals surface area contributed by atoms with E-state index in [0.29, 0.717) is 4.99 Å². The molecule has 116 valence electrons. The van der Waals surface area contributed by atoms with Gasteiger partial charge in [-0.1, -0.05) is 25.2 Å². The van der Waals surface area contributed by atoms with E-state index in [0.717, 1.165) is 48.9 Å². The number of nitrogens with one attached hydrogen (secondary N) is 1. The SMILES string of the molecule is CCN1CCOC(CNc2cccc(SC)c2C(N)=S)C1. The molecule has 1 unspecified atom stereocenters. The van der Waals surface area contributed by atoms with Crippen LogP contribution in [0.2, 0.25) is 0 Å². The van der Waals surface area contributed by atoms with Crippen LogP contribution in [0.4, 0.5) is 5.69 Å². The molecule has 1 heterocycles. The van der Waals surface area contributed by atoms with E-state index in [1.165, 1.54) is 0 Å². The van der Waals surface area contributed by atoms with E-state index in [-0.39, 0.29) is 6.10 Å². The Bertz CT molecular complexity index is 496. The minimum absolute atomic E-state index is 0.204. The van der Waals surface area contributed by atoms with E-state index in [4.69, 9.17) is 22.7 Å². The van der Waals surface area contributed by atoms with Crippen molar-refractivity contribution in [3.8, 4) is 0 Å². The van der Waals surface area contributed by atoms with Crippen LogP contribution in [0, 0.1) is 0 Å². The van der Waals surface area contributed by atoms with Gasteiger partial charge in [0.15, 0.2) is 0 Å². The van der Waals surface area contributed by atoms with Crippen LogP contribution in [0.5, 0.6) is 0 Å². The Morgan fingerprint density at radius 3 is 3.05 bits per heavy atom. The first-order valence-electron chi connectivity index (χ1n) is 7.20. The summed E-state index contributed by atoms with van der Waals surface area (Å²) in [6.45, 7) is 6.81. The van der Waals surface area contributed by atoms with Crippen LogP contribution in [0.15, 0.2) is 23.1 Å². The number of hydrogen-bond donors (Lipinski definition) is 2. The molecular formula is C15H23N3OS2. The van der Waals surface area contributed by atoms with Crippen LogP contribution in [0.25, 0.3) is 0 Å². The Morgan fingerprint density at radius 1 is 1.57 bits per heavy atom. The zero-order valence-electron chi connectivity index (χ0n) is 12.6. The van der Waals surface area contributed by atoms with Crippen molar-refractivity contribution in [1.29, 1.82) is 0 Å². The normalized spacial score (nSPS) is 19.4. The van der Waals surface area contributed by atoms with Crippen molar-refractivity contribution in [3.05, 3.63) is 23.8 Å². The third-order valence-corrected chi connectivity index (χ3v) is 4.67. The van der Waals surface area contributed by atoms with Gasteiger partial charge in [0.25, 0.3) is 0 Å². The van der Waals surface area contributed by atoms with E-state index in [9.17, 15) is 0 Å². The number of nitrogens with zero attached hydrogens (tertiary/aromatic N) is 1. The Balaban J connectivity index is 2.04. The minimum Gasteiger partial charge on any atom is -0.389 e. The summed E-state index contributed by atoms with van der Waals surface area (Å²) in [6, 6.07) is 6.09. The molecule has 1 aliphatic rings. The molecule has 1 aliphatic heterocycles. The van der Waals surface area contributed by atoms with Gasteiger partial charge >= 0.3 is 0 Å². The highest BCUT2D eigenvalue weighted by atomic mass is 32.2. The maximum atomic E-state index is 5.88. The fourth-order valence-electron chi connectivity index (χ4n) is 2.52. The third-order valence-electron chi connectivity index (χ3n) is 3.68. The number of morpholine rings is 1. The summed E-state index contributed by atoms with van der Waals surface area (Å²) < 4.78 is 5.82. The van der Waals surface area contributed by atoms with E-state index in [1.54, 1.807) is 11.8 Å². The first kappa shape index (κ1) is 16.5. The second kappa shape index (κ2) is 7.98. The van der Waals surface area contributed by atoms with Crippen LogP contribution in [0.1, 0.15) is 12.5 Å². The van der Waals surface area contributed by atoms with Crippen molar-refractivity contribution in [2.75, 3.05) is 44.4 Å². The molecule has 1 atom stereocenters. The summed E-state index contributed by atoms with van der Waals surface area (Å²) in [7, 11) is 0. The van der Waals surface area contributed by atoms with Gasteiger partial charge in [0.2, 0.25) is 0 Å². The van der Waals surface area contributed by atoms with Gasteiger partial charge < -0.3 is 15.8 Å². The minimum atomic E-state index is 0.204. The monoisotopic (exact) mass is 325 g/mol. The lowest BCUT2D eigenvalue weighted by molar-refractivity contribution is -0.0191. The summed E-state index contributed by atoms with van der Waals surface area (Å²) in [6.07, 6.45) is 2.24. The Kier molecular flexibility index (Phi) is 6.29. The highest BCUT2D eigenvalue weighted by molar-refractivity contribution is 7.98. The molecule has 0 aliphatic carbocycles. The second-order valence-electron chi connectivity index (χ2n) is 5.01. The zero-order chi connectivity index (χ0) is 15.2. The average Bonchev–Trinajstić information content (AvgIpc) is 2.52. The molecule has 0 spiro atoms. The summed E-state index contributed by atoms with van der Waals surface area (Å²) in [5.74, 6) is 0. The van der Waals surface area contributed by atoms with E-state index < -0.39 is 0 Å². The van der Waals surface area contributed by atoms with E-state index in [1.807, 2.05) is 24.5 Å². The number of likely N-dealkylation sites (N-methyl/N-ethyl adjacent to an activating group) is 1. The quantitative estimate of drug-likeness (QED) is 0.618. The molecule has 3 N–H and O–H groups in total. The highest BCUT2D eigenvalue weighted by Crippen LogP contribution is 2.27. The number of thiocarbonyl (C=S) groups is 1. The Hall–Kier alpha value is -0.820. The average molecular weight is 326 g/mol. The second-order valence-corrected chi connectivity index (χ2v) is 6.30. The number of rotatable bonds is 6. The number of hydrogen-bond acceptors (Lipinski definition) is 5. The van der Waals surface area contributed by atoms with Crippen molar-refractivity contribution in [2.45, 2.75) is 17.9 Å². The van der Waals surface area contributed by atoms with Crippen LogP contribution in [-0.2, 0) is 4.74 Å². The largest absolute Gasteiger partial charge is 0.389 e. The zero-order valence-corrected chi connectivity index (χ0v) is 14.2. The van der Waals surface area contributed by atoms with Gasteiger partial charge in [-0.15, -0.1) is 11.8 Å². The van der Waals surface area contributed by atoms with Crippen LogP contribution < -0.4 is 11.1 Å². The fourth-order valence-corrected chi connectivity index (χ4v) is 3.44. The summed E-state index contributed by atoms with van der Waals surface area (Å²) in [5, 5.41) is 3.45. The molecule has 1 fully saturated rings. The van der Waals surface area contributed by atoms with Crippen molar-refractivity contribution < 1.29 is 4.74 Å². The molecule has 0 bridgehead atoms. The molecule has 0 aromatic heterocycles. The number of ether oxygens (including phenoxy) is 1. The topological polar surface area (TPSA) is 50.5 Å². The van der Waals surface area contributed by atoms with E-state index >= 15 is 0 Å². The molecule has 1 aromatic rings. The Labute approximate surface area is 136 Å². The molecule has 0 saturated carbocycles. The lowest BCUT2D eigenvalue weighted by Gasteiger charge is -2.32. The number of thioether (sulfide) groups is 1. The van der Waals surface area contributed by atoms with Gasteiger partial charge in [0.05, 0.1) is 12.7 Å². The Morgan fingerprint density at radius 2 is 2.38 bits per heavy atom. The van der Waals surface area contributed by atoms with Gasteiger partial charge in [0.1, 0.15) is 4.99 Å². The highest BCUT2D eigenvalue weighted by Gasteiger charge is 2.19. The first-order chi connectivity index (χ1) is 10.2. The van der Waals surface area contributed by atoms with Gasteiger partial charge in [-0.05, 0) is 24.9 Å². The van der Waals surface area contributed by atoms with Crippen LogP contribution >= 0.6 is 24.0 Å².